The lowest BCUT2D eigenvalue weighted by molar-refractivity contribution is -0.127. The number of piperidine rings is 1. The van der Waals surface area contributed by atoms with Gasteiger partial charge in [0.25, 0.3) is 0 Å². The number of hydrogen-bond donors (Lipinski definition) is 3. The number of carbonyl (C=O) groups is 1. The Labute approximate surface area is 146 Å². The quantitative estimate of drug-likeness (QED) is 0.748. The lowest BCUT2D eigenvalue weighted by Gasteiger charge is -2.34. The first-order valence-corrected chi connectivity index (χ1v) is 9.19. The van der Waals surface area contributed by atoms with Crippen LogP contribution in [0.2, 0.25) is 0 Å². The molecule has 25 heavy (non-hydrogen) atoms. The van der Waals surface area contributed by atoms with Gasteiger partial charge in [-0.2, -0.15) is 0 Å². The van der Waals surface area contributed by atoms with Crippen LogP contribution in [0.3, 0.4) is 0 Å². The normalized spacial score (nSPS) is 33.1. The molecule has 3 N–H and O–H groups in total. The molecule has 7 nitrogen and oxygen atoms in total. The van der Waals surface area contributed by atoms with Crippen molar-refractivity contribution in [2.24, 2.45) is 11.8 Å². The van der Waals surface area contributed by atoms with Gasteiger partial charge in [-0.3, -0.25) is 15.2 Å². The third kappa shape index (κ3) is 3.46. The van der Waals surface area contributed by atoms with Crippen LogP contribution in [0.1, 0.15) is 32.1 Å². The number of hydrogen-bond acceptors (Lipinski definition) is 6. The van der Waals surface area contributed by atoms with Crippen molar-refractivity contribution in [3.05, 3.63) is 18.6 Å². The van der Waals surface area contributed by atoms with Crippen LogP contribution in [0, 0.1) is 11.8 Å². The van der Waals surface area contributed by atoms with E-state index in [1.165, 1.54) is 0 Å². The van der Waals surface area contributed by atoms with Gasteiger partial charge in [0.2, 0.25) is 5.91 Å². The number of hydrazine groups is 1. The van der Waals surface area contributed by atoms with Crippen molar-refractivity contribution >= 4 is 11.7 Å². The SMILES string of the molecule is O=C(NC1NNC2CCCC(F)C21)C1CCN(c2cnccn2)CC1. The Kier molecular flexibility index (Phi) is 4.80. The Hall–Kier alpha value is -1.80. The van der Waals surface area contributed by atoms with Crippen LogP contribution in [0.5, 0.6) is 0 Å². The van der Waals surface area contributed by atoms with Crippen molar-refractivity contribution in [1.82, 2.24) is 26.1 Å². The summed E-state index contributed by atoms with van der Waals surface area (Å²) >= 11 is 0. The van der Waals surface area contributed by atoms with Crippen LogP contribution in [0.25, 0.3) is 0 Å². The van der Waals surface area contributed by atoms with Gasteiger partial charge in [-0.05, 0) is 32.1 Å². The van der Waals surface area contributed by atoms with Gasteiger partial charge in [-0.15, -0.1) is 0 Å². The molecule has 1 aromatic heterocycles. The van der Waals surface area contributed by atoms with E-state index in [1.807, 2.05) is 0 Å². The van der Waals surface area contributed by atoms with Gasteiger partial charge in [-0.25, -0.2) is 14.8 Å². The maximum atomic E-state index is 14.3. The van der Waals surface area contributed by atoms with Crippen molar-refractivity contribution in [1.29, 1.82) is 0 Å². The van der Waals surface area contributed by atoms with Gasteiger partial charge in [0.1, 0.15) is 12.0 Å². The van der Waals surface area contributed by atoms with Crippen LogP contribution in [0.15, 0.2) is 18.6 Å². The zero-order chi connectivity index (χ0) is 17.2. The topological polar surface area (TPSA) is 82.2 Å². The number of halogens is 1. The lowest BCUT2D eigenvalue weighted by Crippen LogP contribution is -2.52. The summed E-state index contributed by atoms with van der Waals surface area (Å²) in [4.78, 5) is 23.2. The van der Waals surface area contributed by atoms with Crippen LogP contribution < -0.4 is 21.1 Å². The van der Waals surface area contributed by atoms with Gasteiger partial charge in [0.15, 0.2) is 0 Å². The first kappa shape index (κ1) is 16.7. The molecule has 3 heterocycles. The van der Waals surface area contributed by atoms with E-state index in [0.29, 0.717) is 6.42 Å². The molecule has 0 spiro atoms. The molecule has 8 heteroatoms. The minimum Gasteiger partial charge on any atom is -0.355 e. The fourth-order valence-electron chi connectivity index (χ4n) is 4.30. The van der Waals surface area contributed by atoms with Gasteiger partial charge in [0, 0.05) is 43.4 Å². The minimum atomic E-state index is -0.856. The maximum Gasteiger partial charge on any atom is 0.224 e. The number of fused-ring (bicyclic) bond motifs is 1. The lowest BCUT2D eigenvalue weighted by atomic mass is 9.82. The molecule has 0 bridgehead atoms. The van der Waals surface area contributed by atoms with Crippen molar-refractivity contribution in [3.63, 3.8) is 0 Å². The van der Waals surface area contributed by atoms with E-state index in [9.17, 15) is 9.18 Å². The predicted molar refractivity (Wildman–Crippen MR) is 91.2 cm³/mol. The second kappa shape index (κ2) is 7.21. The van der Waals surface area contributed by atoms with Gasteiger partial charge in [-0.1, -0.05) is 0 Å². The highest BCUT2D eigenvalue weighted by molar-refractivity contribution is 5.79. The molecule has 0 radical (unpaired) electrons. The van der Waals surface area contributed by atoms with Gasteiger partial charge < -0.3 is 10.2 Å². The number of nitrogens with zero attached hydrogens (tertiary/aromatic N) is 3. The number of carbonyl (C=O) groups excluding carboxylic acids is 1. The molecule has 1 saturated carbocycles. The fraction of sp³-hybridized carbons (Fsp3) is 0.706. The Balaban J connectivity index is 1.31. The van der Waals surface area contributed by atoms with Crippen LogP contribution in [0.4, 0.5) is 10.2 Å². The Bertz CT molecular complexity index is 594. The Morgan fingerprint density at radius 1 is 1.20 bits per heavy atom. The molecule has 4 unspecified atom stereocenters. The maximum absolute atomic E-state index is 14.3. The molecule has 1 aromatic rings. The van der Waals surface area contributed by atoms with E-state index in [-0.39, 0.29) is 30.0 Å². The summed E-state index contributed by atoms with van der Waals surface area (Å²) in [6.45, 7) is 1.57. The summed E-state index contributed by atoms with van der Waals surface area (Å²) in [7, 11) is 0. The zero-order valence-electron chi connectivity index (χ0n) is 14.2. The highest BCUT2D eigenvalue weighted by Gasteiger charge is 2.44. The molecular formula is C17H25FN6O. The minimum absolute atomic E-state index is 0.0246. The zero-order valence-corrected chi connectivity index (χ0v) is 14.2. The summed E-state index contributed by atoms with van der Waals surface area (Å²) in [6.07, 6.45) is 7.91. The van der Waals surface area contributed by atoms with E-state index in [2.05, 4.69) is 31.0 Å². The summed E-state index contributed by atoms with van der Waals surface area (Å²) in [6, 6.07) is 0.118. The molecule has 4 atom stereocenters. The molecule has 4 rings (SSSR count). The number of aromatic nitrogens is 2. The number of anilines is 1. The monoisotopic (exact) mass is 348 g/mol. The average molecular weight is 348 g/mol. The van der Waals surface area contributed by atoms with E-state index < -0.39 is 6.17 Å². The van der Waals surface area contributed by atoms with Crippen molar-refractivity contribution in [2.45, 2.75) is 50.5 Å². The second-order valence-electron chi connectivity index (χ2n) is 7.23. The number of nitrogens with one attached hydrogen (secondary N) is 3. The summed E-state index contributed by atoms with van der Waals surface area (Å²) < 4.78 is 14.3. The first-order chi connectivity index (χ1) is 12.2. The highest BCUT2D eigenvalue weighted by Crippen LogP contribution is 2.32. The largest absolute Gasteiger partial charge is 0.355 e. The summed E-state index contributed by atoms with van der Waals surface area (Å²) in [5.74, 6) is 0.678. The highest BCUT2D eigenvalue weighted by atomic mass is 19.1. The van der Waals surface area contributed by atoms with Gasteiger partial charge >= 0.3 is 0 Å². The van der Waals surface area contributed by atoms with Crippen LogP contribution >= 0.6 is 0 Å². The molecule has 0 aromatic carbocycles. The molecule has 2 aliphatic heterocycles. The second-order valence-corrected chi connectivity index (χ2v) is 7.23. The van der Waals surface area contributed by atoms with Gasteiger partial charge in [0.05, 0.1) is 12.4 Å². The van der Waals surface area contributed by atoms with E-state index >= 15 is 0 Å². The number of alkyl halides is 1. The van der Waals surface area contributed by atoms with E-state index in [0.717, 1.165) is 44.6 Å². The van der Waals surface area contributed by atoms with Crippen LogP contribution in [-0.2, 0) is 4.79 Å². The predicted octanol–water partition coefficient (Wildman–Crippen LogP) is 0.750. The molecule has 136 valence electrons. The third-order valence-electron chi connectivity index (χ3n) is 5.72. The van der Waals surface area contributed by atoms with E-state index in [4.69, 9.17) is 0 Å². The standard InChI is InChI=1S/C17H25FN6O/c18-12-2-1-3-13-15(12)16(23-22-13)21-17(25)11-4-8-24(9-5-11)14-10-19-6-7-20-14/h6-7,10-13,15-16,22-23H,1-5,8-9H2,(H,21,25). The molecule has 1 aliphatic carbocycles. The number of rotatable bonds is 3. The molecule has 3 aliphatic rings. The van der Waals surface area contributed by atoms with Crippen LogP contribution in [-0.4, -0.2) is 47.3 Å². The molecular weight excluding hydrogens is 323 g/mol. The summed E-state index contributed by atoms with van der Waals surface area (Å²) in [5.41, 5.74) is 6.23. The molecule has 3 fully saturated rings. The summed E-state index contributed by atoms with van der Waals surface area (Å²) in [5, 5.41) is 3.03. The first-order valence-electron chi connectivity index (χ1n) is 9.19. The fourth-order valence-corrected chi connectivity index (χ4v) is 4.30. The Morgan fingerprint density at radius 2 is 2.04 bits per heavy atom. The molecule has 2 saturated heterocycles. The van der Waals surface area contributed by atoms with Crippen molar-refractivity contribution < 1.29 is 9.18 Å². The average Bonchev–Trinajstić information content (AvgIpc) is 3.07. The molecule has 1 amide bonds. The van der Waals surface area contributed by atoms with Crippen molar-refractivity contribution in [2.75, 3.05) is 18.0 Å². The van der Waals surface area contributed by atoms with E-state index in [1.54, 1.807) is 18.6 Å². The Morgan fingerprint density at radius 3 is 2.80 bits per heavy atom. The third-order valence-corrected chi connectivity index (χ3v) is 5.72. The number of amides is 1. The van der Waals surface area contributed by atoms with Crippen molar-refractivity contribution in [3.8, 4) is 0 Å². The smallest absolute Gasteiger partial charge is 0.224 e.